The first kappa shape index (κ1) is 12.0. The Labute approximate surface area is 111 Å². The average molecular weight is 255 g/mol. The molecule has 3 heteroatoms. The molecule has 1 aromatic heterocycles. The smallest absolute Gasteiger partial charge is 0.171 e. The number of benzene rings is 1. The Morgan fingerprint density at radius 1 is 1.37 bits per heavy atom. The van der Waals surface area contributed by atoms with E-state index >= 15 is 0 Å². The van der Waals surface area contributed by atoms with Crippen molar-refractivity contribution in [2.75, 3.05) is 0 Å². The standard InChI is InChI=1S/C16H14FNO/c1-10-9-12(5-7-14(10)17)16(19)13-6-4-11-3-2-8-18-15(11)13/h2-3,5,7-9,13H,4,6H2,1H3. The summed E-state index contributed by atoms with van der Waals surface area (Å²) < 4.78 is 13.3. The summed E-state index contributed by atoms with van der Waals surface area (Å²) in [6.45, 7) is 1.67. The van der Waals surface area contributed by atoms with Gasteiger partial charge in [-0.2, -0.15) is 0 Å². The predicted octanol–water partition coefficient (Wildman–Crippen LogP) is 3.44. The molecule has 0 fully saturated rings. The van der Waals surface area contributed by atoms with Gasteiger partial charge in [0.2, 0.25) is 0 Å². The fraction of sp³-hybridized carbons (Fsp3) is 0.250. The second-order valence-corrected chi connectivity index (χ2v) is 4.97. The molecule has 0 spiro atoms. The monoisotopic (exact) mass is 255 g/mol. The minimum Gasteiger partial charge on any atom is -0.293 e. The molecule has 0 bridgehead atoms. The molecule has 0 aliphatic heterocycles. The highest BCUT2D eigenvalue weighted by molar-refractivity contribution is 6.01. The van der Waals surface area contributed by atoms with Crippen molar-refractivity contribution in [3.63, 3.8) is 0 Å². The Morgan fingerprint density at radius 3 is 3.00 bits per heavy atom. The topological polar surface area (TPSA) is 30.0 Å². The number of carbonyl (C=O) groups is 1. The van der Waals surface area contributed by atoms with Crippen molar-refractivity contribution in [2.24, 2.45) is 0 Å². The van der Waals surface area contributed by atoms with Crippen LogP contribution in [0.2, 0.25) is 0 Å². The predicted molar refractivity (Wildman–Crippen MR) is 70.8 cm³/mol. The van der Waals surface area contributed by atoms with Crippen molar-refractivity contribution in [1.82, 2.24) is 4.98 Å². The first-order valence-electron chi connectivity index (χ1n) is 6.41. The molecule has 0 radical (unpaired) electrons. The largest absolute Gasteiger partial charge is 0.293 e. The fourth-order valence-electron chi connectivity index (χ4n) is 2.67. The zero-order valence-electron chi connectivity index (χ0n) is 10.7. The Bertz CT molecular complexity index is 651. The van der Waals surface area contributed by atoms with Gasteiger partial charge in [-0.1, -0.05) is 6.07 Å². The number of aryl methyl sites for hydroxylation is 2. The van der Waals surface area contributed by atoms with E-state index in [4.69, 9.17) is 0 Å². The summed E-state index contributed by atoms with van der Waals surface area (Å²) in [5.41, 5.74) is 3.11. The third-order valence-electron chi connectivity index (χ3n) is 3.72. The fourth-order valence-corrected chi connectivity index (χ4v) is 2.67. The van der Waals surface area contributed by atoms with Crippen LogP contribution >= 0.6 is 0 Å². The van der Waals surface area contributed by atoms with Crippen LogP contribution in [0.3, 0.4) is 0 Å². The van der Waals surface area contributed by atoms with Gasteiger partial charge >= 0.3 is 0 Å². The van der Waals surface area contributed by atoms with Crippen LogP contribution in [0.4, 0.5) is 4.39 Å². The van der Waals surface area contributed by atoms with Crippen molar-refractivity contribution in [1.29, 1.82) is 0 Å². The van der Waals surface area contributed by atoms with Crippen molar-refractivity contribution >= 4 is 5.78 Å². The van der Waals surface area contributed by atoms with Gasteiger partial charge in [0.15, 0.2) is 5.78 Å². The van der Waals surface area contributed by atoms with Gasteiger partial charge in [0.1, 0.15) is 5.82 Å². The summed E-state index contributed by atoms with van der Waals surface area (Å²) in [4.78, 5) is 16.8. The van der Waals surface area contributed by atoms with E-state index in [9.17, 15) is 9.18 Å². The highest BCUT2D eigenvalue weighted by Crippen LogP contribution is 2.33. The van der Waals surface area contributed by atoms with Crippen molar-refractivity contribution < 1.29 is 9.18 Å². The second kappa shape index (κ2) is 4.57. The lowest BCUT2D eigenvalue weighted by Crippen LogP contribution is -2.11. The Morgan fingerprint density at radius 2 is 2.21 bits per heavy atom. The van der Waals surface area contributed by atoms with Crippen LogP contribution in [-0.2, 0) is 6.42 Å². The van der Waals surface area contributed by atoms with Crippen LogP contribution < -0.4 is 0 Å². The van der Waals surface area contributed by atoms with E-state index in [2.05, 4.69) is 4.98 Å². The molecule has 0 N–H and O–H groups in total. The quantitative estimate of drug-likeness (QED) is 0.769. The molecule has 1 atom stereocenters. The number of halogens is 1. The highest BCUT2D eigenvalue weighted by atomic mass is 19.1. The molecule has 0 amide bonds. The molecule has 1 unspecified atom stereocenters. The van der Waals surface area contributed by atoms with E-state index in [1.54, 1.807) is 25.3 Å². The van der Waals surface area contributed by atoms with E-state index < -0.39 is 0 Å². The maximum atomic E-state index is 13.3. The number of ketones is 1. The SMILES string of the molecule is Cc1cc(C(=O)C2CCc3cccnc32)ccc1F. The third-order valence-corrected chi connectivity index (χ3v) is 3.72. The van der Waals surface area contributed by atoms with Gasteiger partial charge in [-0.3, -0.25) is 9.78 Å². The van der Waals surface area contributed by atoms with E-state index in [0.717, 1.165) is 24.1 Å². The van der Waals surface area contributed by atoms with Crippen LogP contribution in [0.25, 0.3) is 0 Å². The number of hydrogen-bond donors (Lipinski definition) is 0. The molecule has 1 aromatic carbocycles. The lowest BCUT2D eigenvalue weighted by molar-refractivity contribution is 0.0958. The van der Waals surface area contributed by atoms with Crippen LogP contribution in [0.15, 0.2) is 36.5 Å². The number of pyridine rings is 1. The molecule has 1 heterocycles. The highest BCUT2D eigenvalue weighted by Gasteiger charge is 2.30. The number of rotatable bonds is 2. The first-order valence-corrected chi connectivity index (χ1v) is 6.41. The maximum Gasteiger partial charge on any atom is 0.171 e. The molecule has 1 aliphatic carbocycles. The van der Waals surface area contributed by atoms with Crippen molar-refractivity contribution in [3.8, 4) is 0 Å². The van der Waals surface area contributed by atoms with Crippen LogP contribution in [0.5, 0.6) is 0 Å². The van der Waals surface area contributed by atoms with E-state index in [1.165, 1.54) is 6.07 Å². The van der Waals surface area contributed by atoms with E-state index in [0.29, 0.717) is 11.1 Å². The van der Waals surface area contributed by atoms with Gasteiger partial charge < -0.3 is 0 Å². The molecule has 0 saturated heterocycles. The van der Waals surface area contributed by atoms with Gasteiger partial charge in [0.25, 0.3) is 0 Å². The molecular formula is C16H14FNO. The molecule has 3 rings (SSSR count). The molecule has 2 aromatic rings. The third kappa shape index (κ3) is 2.05. The Hall–Kier alpha value is -2.03. The maximum absolute atomic E-state index is 13.3. The van der Waals surface area contributed by atoms with Gasteiger partial charge in [-0.25, -0.2) is 4.39 Å². The number of fused-ring (bicyclic) bond motifs is 1. The number of aromatic nitrogens is 1. The summed E-state index contributed by atoms with van der Waals surface area (Å²) in [6.07, 6.45) is 3.40. The van der Waals surface area contributed by atoms with Crippen LogP contribution in [0.1, 0.15) is 39.5 Å². The lowest BCUT2D eigenvalue weighted by atomic mass is 9.94. The van der Waals surface area contributed by atoms with E-state index in [1.807, 2.05) is 12.1 Å². The normalized spacial score (nSPS) is 17.3. The second-order valence-electron chi connectivity index (χ2n) is 4.97. The van der Waals surface area contributed by atoms with Crippen molar-refractivity contribution in [3.05, 3.63) is 64.7 Å². The number of Topliss-reactive ketones (excluding diaryl/α,β-unsaturated/α-hetero) is 1. The minimum absolute atomic E-state index is 0.0422. The molecule has 0 saturated carbocycles. The van der Waals surface area contributed by atoms with Gasteiger partial charge in [0.05, 0.1) is 11.6 Å². The van der Waals surface area contributed by atoms with Crippen LogP contribution in [-0.4, -0.2) is 10.8 Å². The van der Waals surface area contributed by atoms with E-state index in [-0.39, 0.29) is 17.5 Å². The first-order chi connectivity index (χ1) is 9.16. The summed E-state index contributed by atoms with van der Waals surface area (Å²) in [5, 5.41) is 0. The number of nitrogens with zero attached hydrogens (tertiary/aromatic N) is 1. The number of hydrogen-bond acceptors (Lipinski definition) is 2. The zero-order chi connectivity index (χ0) is 13.4. The summed E-state index contributed by atoms with van der Waals surface area (Å²) in [7, 11) is 0. The molecule has 2 nitrogen and oxygen atoms in total. The summed E-state index contributed by atoms with van der Waals surface area (Å²) in [6, 6.07) is 8.46. The van der Waals surface area contributed by atoms with Gasteiger partial charge in [-0.05, 0) is 55.2 Å². The molecule has 1 aliphatic rings. The Kier molecular flexibility index (Phi) is 2.90. The average Bonchev–Trinajstić information content (AvgIpc) is 2.85. The molecule has 96 valence electrons. The molecular weight excluding hydrogens is 241 g/mol. The summed E-state index contributed by atoms with van der Waals surface area (Å²) >= 11 is 0. The lowest BCUT2D eigenvalue weighted by Gasteiger charge is -2.10. The van der Waals surface area contributed by atoms with Gasteiger partial charge in [0, 0.05) is 11.8 Å². The molecule has 19 heavy (non-hydrogen) atoms. The van der Waals surface area contributed by atoms with Crippen molar-refractivity contribution in [2.45, 2.75) is 25.7 Å². The van der Waals surface area contributed by atoms with Crippen LogP contribution in [0, 0.1) is 12.7 Å². The summed E-state index contributed by atoms with van der Waals surface area (Å²) in [5.74, 6) is -0.414. The minimum atomic E-state index is -0.276. The number of carbonyl (C=O) groups excluding carboxylic acids is 1. The zero-order valence-corrected chi connectivity index (χ0v) is 10.7. The Balaban J connectivity index is 1.95. The van der Waals surface area contributed by atoms with Gasteiger partial charge in [-0.15, -0.1) is 0 Å².